The Morgan fingerprint density at radius 1 is 1.46 bits per heavy atom. The van der Waals surface area contributed by atoms with Crippen molar-refractivity contribution < 1.29 is 46.7 Å². The van der Waals surface area contributed by atoms with Crippen molar-refractivity contribution in [1.29, 1.82) is 5.16 Å². The number of nitrogens with one attached hydrogen (secondary N) is 1. The lowest BCUT2D eigenvalue weighted by molar-refractivity contribution is -0.140. The van der Waals surface area contributed by atoms with Gasteiger partial charge < -0.3 is 30.3 Å². The van der Waals surface area contributed by atoms with Crippen molar-refractivity contribution in [3.8, 4) is 0 Å². The fourth-order valence-electron chi connectivity index (χ4n) is 2.05. The molecule has 0 radical (unpaired) electrons. The largest absolute Gasteiger partial charge is 0.477 e. The number of nitrogen functional groups attached to an aromatic ring is 1. The van der Waals surface area contributed by atoms with E-state index in [1.165, 1.54) is 0 Å². The number of aliphatic hydroxyl groups excluding tert-OH is 1. The molecular weight excluding hydrogens is 408 g/mol. The van der Waals surface area contributed by atoms with Gasteiger partial charge in [0.15, 0.2) is 6.10 Å². The molecule has 1 saturated heterocycles. The van der Waals surface area contributed by atoms with Gasteiger partial charge in [-0.2, -0.15) is 13.8 Å². The number of halogens is 2. The summed E-state index contributed by atoms with van der Waals surface area (Å²) in [5.74, 6) is -4.23. The normalized spacial score (nSPS) is 28.0. The van der Waals surface area contributed by atoms with E-state index >= 15 is 0 Å². The summed E-state index contributed by atoms with van der Waals surface area (Å²) in [5.41, 5.74) is 4.07. The number of phosphoric acid groups is 1. The average Bonchev–Trinajstić information content (AvgIpc) is 2.66. The zero-order chi connectivity index (χ0) is 19.9. The lowest BCUT2D eigenvalue weighted by atomic mass is 10.1. The van der Waals surface area contributed by atoms with Crippen LogP contribution < -0.4 is 11.4 Å². The Morgan fingerprint density at radius 3 is 2.62 bits per heavy atom. The monoisotopic (exact) mass is 422 g/mol. The molecule has 0 spiro atoms. The number of anilines is 1. The molecule has 0 amide bonds. The van der Waals surface area contributed by atoms with E-state index in [2.05, 4.69) is 13.8 Å². The molecule has 0 aliphatic carbocycles. The van der Waals surface area contributed by atoms with Crippen LogP contribution in [-0.2, 0) is 18.1 Å². The standard InChI is InChI=1S/C9H14F2N4O9P2/c10-9(11)6(16)4(3-22-25(13,18)24-26(19,20)21)23-7(9)15-2-1-5(12)14-8(15)17/h1-2,4,6-7,16H,3H2,(H2,13,18)(H2,12,14,17)(H2,19,20,21)/t4-,6-,7-,25?/m1/s1. The van der Waals surface area contributed by atoms with Crippen molar-refractivity contribution in [2.45, 2.75) is 24.4 Å². The Balaban J connectivity index is 2.17. The van der Waals surface area contributed by atoms with Gasteiger partial charge in [0.2, 0.25) is 6.23 Å². The van der Waals surface area contributed by atoms with Gasteiger partial charge in [-0.3, -0.25) is 9.09 Å². The summed E-state index contributed by atoms with van der Waals surface area (Å²) in [4.78, 5) is 41.3. The zero-order valence-corrected chi connectivity index (χ0v) is 14.3. The van der Waals surface area contributed by atoms with Gasteiger partial charge in [-0.25, -0.2) is 18.8 Å². The average molecular weight is 422 g/mol. The first-order chi connectivity index (χ1) is 11.7. The van der Waals surface area contributed by atoms with Crippen molar-refractivity contribution in [2.24, 2.45) is 0 Å². The van der Waals surface area contributed by atoms with E-state index in [4.69, 9.17) is 25.4 Å². The van der Waals surface area contributed by atoms with E-state index in [0.717, 1.165) is 12.3 Å². The summed E-state index contributed by atoms with van der Waals surface area (Å²) in [6.45, 7) is -1.09. The highest BCUT2D eigenvalue weighted by Gasteiger charge is 2.60. The maximum Gasteiger partial charge on any atom is 0.477 e. The van der Waals surface area contributed by atoms with E-state index in [9.17, 15) is 28.1 Å². The van der Waals surface area contributed by atoms with Crippen molar-refractivity contribution >= 4 is 21.4 Å². The van der Waals surface area contributed by atoms with Crippen LogP contribution in [0.2, 0.25) is 0 Å². The summed E-state index contributed by atoms with van der Waals surface area (Å²) >= 11 is 0. The topological polar surface area (TPSA) is 210 Å². The van der Waals surface area contributed by atoms with Gasteiger partial charge in [0.05, 0.1) is 6.61 Å². The zero-order valence-electron chi connectivity index (χ0n) is 12.5. The van der Waals surface area contributed by atoms with Crippen LogP contribution in [0.25, 0.3) is 0 Å². The Morgan fingerprint density at radius 2 is 2.08 bits per heavy atom. The first-order valence-electron chi connectivity index (χ1n) is 6.57. The molecule has 4 atom stereocenters. The van der Waals surface area contributed by atoms with Crippen LogP contribution in [0.5, 0.6) is 0 Å². The predicted molar refractivity (Wildman–Crippen MR) is 78.7 cm³/mol. The van der Waals surface area contributed by atoms with Crippen LogP contribution in [0, 0.1) is 5.16 Å². The smallest absolute Gasteiger partial charge is 0.384 e. The molecule has 1 aromatic rings. The molecule has 1 aliphatic rings. The van der Waals surface area contributed by atoms with Crippen LogP contribution >= 0.6 is 15.6 Å². The van der Waals surface area contributed by atoms with Gasteiger partial charge in [-0.05, 0) is 6.07 Å². The Labute approximate surface area is 143 Å². The molecule has 1 aliphatic heterocycles. The summed E-state index contributed by atoms with van der Waals surface area (Å²) in [6.07, 6.45) is -5.83. The van der Waals surface area contributed by atoms with Crippen molar-refractivity contribution in [1.82, 2.24) is 9.55 Å². The number of hydrogen-bond acceptors (Lipinski definition) is 9. The lowest BCUT2D eigenvalue weighted by Gasteiger charge is -2.21. The molecule has 7 N–H and O–H groups in total. The summed E-state index contributed by atoms with van der Waals surface area (Å²) < 4.78 is 52.3. The van der Waals surface area contributed by atoms with Gasteiger partial charge in [-0.15, -0.1) is 0 Å². The molecule has 13 nitrogen and oxygen atoms in total. The van der Waals surface area contributed by atoms with Crippen molar-refractivity contribution in [3.63, 3.8) is 0 Å². The molecular formula is C9H14F2N4O9P2. The van der Waals surface area contributed by atoms with Crippen LogP contribution in [0.4, 0.5) is 14.6 Å². The van der Waals surface area contributed by atoms with Crippen molar-refractivity contribution in [2.75, 3.05) is 12.3 Å². The second kappa shape index (κ2) is 7.03. The SMILES string of the molecule is N=P(O)(OC[C@H]1O[C@@H](n2ccc(N)nc2=O)C(F)(F)[C@@H]1O)OP(=O)(O)O. The minimum absolute atomic E-state index is 0.230. The number of nitrogens with zero attached hydrogens (tertiary/aromatic N) is 2. The molecule has 17 heteroatoms. The number of nitrogens with two attached hydrogens (primary N) is 1. The van der Waals surface area contributed by atoms with Gasteiger partial charge in [0.1, 0.15) is 11.9 Å². The highest BCUT2D eigenvalue weighted by atomic mass is 31.3. The fraction of sp³-hybridized carbons (Fsp3) is 0.556. The van der Waals surface area contributed by atoms with Crippen LogP contribution in [0.1, 0.15) is 6.23 Å². The van der Waals surface area contributed by atoms with Gasteiger partial charge >= 0.3 is 27.2 Å². The third-order valence-electron chi connectivity index (χ3n) is 3.11. The van der Waals surface area contributed by atoms with E-state index in [1.54, 1.807) is 0 Å². The van der Waals surface area contributed by atoms with Gasteiger partial charge in [0.25, 0.3) is 0 Å². The second-order valence-electron chi connectivity index (χ2n) is 5.08. The molecule has 2 rings (SSSR count). The Bertz CT molecular complexity index is 830. The molecule has 1 aromatic heterocycles. The lowest BCUT2D eigenvalue weighted by Crippen LogP contribution is -2.41. The molecule has 26 heavy (non-hydrogen) atoms. The molecule has 2 heterocycles. The summed E-state index contributed by atoms with van der Waals surface area (Å²) in [5, 5.41) is 16.8. The number of hydrogen-bond donors (Lipinski definition) is 6. The predicted octanol–water partition coefficient (Wildman–Crippen LogP) is -0.638. The minimum Gasteiger partial charge on any atom is -0.384 e. The molecule has 0 bridgehead atoms. The van der Waals surface area contributed by atoms with Crippen LogP contribution in [0.15, 0.2) is 17.1 Å². The summed E-state index contributed by atoms with van der Waals surface area (Å²) in [6, 6.07) is 1.04. The number of rotatable bonds is 6. The number of alkyl halides is 2. The third kappa shape index (κ3) is 4.71. The van der Waals surface area contributed by atoms with Gasteiger partial charge in [-0.1, -0.05) is 0 Å². The number of aromatic nitrogens is 2. The van der Waals surface area contributed by atoms with E-state index in [0.29, 0.717) is 4.57 Å². The van der Waals surface area contributed by atoms with Crippen LogP contribution in [-0.4, -0.2) is 54.1 Å². The molecule has 1 fully saturated rings. The fourth-order valence-corrected chi connectivity index (χ4v) is 3.74. The highest BCUT2D eigenvalue weighted by molar-refractivity contribution is 7.61. The van der Waals surface area contributed by atoms with Crippen LogP contribution in [0.3, 0.4) is 0 Å². The van der Waals surface area contributed by atoms with E-state index in [1.807, 2.05) is 0 Å². The van der Waals surface area contributed by atoms with Gasteiger partial charge in [0, 0.05) is 6.20 Å². The first kappa shape index (κ1) is 21.0. The molecule has 0 saturated carbocycles. The first-order valence-corrected chi connectivity index (χ1v) is 9.68. The summed E-state index contributed by atoms with van der Waals surface area (Å²) in [7, 11) is -10.1. The molecule has 1 unspecified atom stereocenters. The second-order valence-corrected chi connectivity index (χ2v) is 8.01. The third-order valence-corrected chi connectivity index (χ3v) is 5.35. The Hall–Kier alpha value is -1.28. The quantitative estimate of drug-likeness (QED) is 0.318. The minimum atomic E-state index is -5.29. The maximum atomic E-state index is 14.2. The number of ether oxygens (including phenoxy) is 1. The number of aliphatic hydroxyl groups is 1. The van der Waals surface area contributed by atoms with E-state index in [-0.39, 0.29) is 5.82 Å². The highest BCUT2D eigenvalue weighted by Crippen LogP contribution is 2.58. The van der Waals surface area contributed by atoms with E-state index < -0.39 is 52.2 Å². The van der Waals surface area contributed by atoms with Crippen molar-refractivity contribution in [3.05, 3.63) is 22.7 Å². The molecule has 0 aromatic carbocycles. The molecule has 148 valence electrons. The Kier molecular flexibility index (Phi) is 5.69. The maximum absolute atomic E-state index is 14.2.